The van der Waals surface area contributed by atoms with Gasteiger partial charge in [-0.3, -0.25) is 0 Å². The van der Waals surface area contributed by atoms with Crippen LogP contribution in [0.25, 0.3) is 0 Å². The van der Waals surface area contributed by atoms with Crippen molar-refractivity contribution in [2.24, 2.45) is 5.73 Å². The first-order valence-electron chi connectivity index (χ1n) is 7.11. The van der Waals surface area contributed by atoms with Crippen LogP contribution in [0.3, 0.4) is 0 Å². The molecule has 1 atom stereocenters. The molecule has 118 valence electrons. The van der Waals surface area contributed by atoms with Crippen LogP contribution in [0.4, 0.5) is 0 Å². The van der Waals surface area contributed by atoms with Gasteiger partial charge in [-0.1, -0.05) is 23.4 Å². The Morgan fingerprint density at radius 1 is 1.32 bits per heavy atom. The molecular formula is C14H18N4O3S. The highest BCUT2D eigenvalue weighted by Gasteiger charge is 2.39. The Balaban J connectivity index is 1.76. The average Bonchev–Trinajstić information content (AvgIpc) is 2.95. The summed E-state index contributed by atoms with van der Waals surface area (Å²) in [7, 11) is -3.63. The maximum atomic E-state index is 12.3. The molecule has 2 aromatic rings. The van der Waals surface area contributed by atoms with Crippen molar-refractivity contribution in [3.05, 3.63) is 42.0 Å². The molecule has 0 bridgehead atoms. The van der Waals surface area contributed by atoms with Gasteiger partial charge in [-0.05, 0) is 38.3 Å². The van der Waals surface area contributed by atoms with Crippen molar-refractivity contribution in [2.45, 2.75) is 42.7 Å². The molecule has 1 aliphatic carbocycles. The van der Waals surface area contributed by atoms with Crippen LogP contribution in [-0.4, -0.2) is 18.6 Å². The fraction of sp³-hybridized carbons (Fsp3) is 0.429. The summed E-state index contributed by atoms with van der Waals surface area (Å²) in [4.78, 5) is 4.44. The van der Waals surface area contributed by atoms with Gasteiger partial charge in [0.05, 0.1) is 16.5 Å². The lowest BCUT2D eigenvalue weighted by molar-refractivity contribution is 0.228. The fourth-order valence-corrected chi connectivity index (χ4v) is 3.56. The number of nitrogens with zero attached hydrogens (tertiary/aromatic N) is 2. The van der Waals surface area contributed by atoms with E-state index in [0.29, 0.717) is 5.82 Å². The lowest BCUT2D eigenvalue weighted by atomic mass is 9.77. The monoisotopic (exact) mass is 322 g/mol. The number of sulfonamides is 1. The molecule has 8 heteroatoms. The number of nitrogens with one attached hydrogen (secondary N) is 1. The Morgan fingerprint density at radius 3 is 2.59 bits per heavy atom. The van der Waals surface area contributed by atoms with Crippen molar-refractivity contribution in [3.8, 4) is 0 Å². The van der Waals surface area contributed by atoms with Crippen LogP contribution in [0, 0.1) is 0 Å². The summed E-state index contributed by atoms with van der Waals surface area (Å²) in [6.07, 6.45) is 2.67. The van der Waals surface area contributed by atoms with Crippen molar-refractivity contribution in [3.63, 3.8) is 0 Å². The molecule has 0 saturated heterocycles. The fourth-order valence-electron chi connectivity index (χ4n) is 2.35. The van der Waals surface area contributed by atoms with Gasteiger partial charge in [0.25, 0.3) is 0 Å². The first kappa shape index (κ1) is 15.1. The molecule has 0 aliphatic heterocycles. The molecule has 1 aromatic heterocycles. The predicted octanol–water partition coefficient (Wildman–Crippen LogP) is 1.45. The molecule has 1 fully saturated rings. The quantitative estimate of drug-likeness (QED) is 0.862. The maximum absolute atomic E-state index is 12.3. The van der Waals surface area contributed by atoms with E-state index >= 15 is 0 Å². The summed E-state index contributed by atoms with van der Waals surface area (Å²) in [6, 6.07) is 7.51. The minimum atomic E-state index is -3.63. The third-order valence-corrected chi connectivity index (χ3v) is 5.45. The van der Waals surface area contributed by atoms with Crippen LogP contribution in [0.15, 0.2) is 39.8 Å². The number of hydrogen-bond acceptors (Lipinski definition) is 6. The molecule has 1 aromatic carbocycles. The Bertz CT molecular complexity index is 753. The number of aromatic nitrogens is 2. The Hall–Kier alpha value is -1.77. The molecule has 3 rings (SSSR count). The van der Waals surface area contributed by atoms with E-state index in [-0.39, 0.29) is 10.8 Å². The van der Waals surface area contributed by atoms with E-state index in [9.17, 15) is 8.42 Å². The van der Waals surface area contributed by atoms with Crippen molar-refractivity contribution in [1.29, 1.82) is 0 Å². The van der Waals surface area contributed by atoms with E-state index < -0.39 is 21.6 Å². The van der Waals surface area contributed by atoms with Crippen LogP contribution >= 0.6 is 0 Å². The highest BCUT2D eigenvalue weighted by molar-refractivity contribution is 7.89. The molecule has 0 amide bonds. The third kappa shape index (κ3) is 2.77. The molecule has 1 unspecified atom stereocenters. The summed E-state index contributed by atoms with van der Waals surface area (Å²) in [5.41, 5.74) is 5.60. The van der Waals surface area contributed by atoms with E-state index in [1.807, 2.05) is 0 Å². The van der Waals surface area contributed by atoms with Gasteiger partial charge in [-0.25, -0.2) is 8.42 Å². The molecule has 1 heterocycles. The first-order chi connectivity index (χ1) is 10.4. The topological polar surface area (TPSA) is 111 Å². The van der Waals surface area contributed by atoms with E-state index in [2.05, 4.69) is 14.9 Å². The van der Waals surface area contributed by atoms with Crippen LogP contribution in [0.1, 0.15) is 43.9 Å². The normalized spacial score (nSPS) is 18.6. The summed E-state index contributed by atoms with van der Waals surface area (Å²) in [5.74, 6) is 0.658. The molecule has 1 aliphatic rings. The SMILES string of the molecule is CC(NS(=O)(=O)c1ccccc1)c1nc(C2(N)CCC2)no1. The maximum Gasteiger partial charge on any atom is 0.244 e. The minimum absolute atomic E-state index is 0.191. The highest BCUT2D eigenvalue weighted by Crippen LogP contribution is 2.37. The van der Waals surface area contributed by atoms with Crippen molar-refractivity contribution < 1.29 is 12.9 Å². The third-order valence-electron chi connectivity index (χ3n) is 3.89. The molecule has 0 spiro atoms. The summed E-state index contributed by atoms with van der Waals surface area (Å²) in [5, 5.41) is 3.89. The van der Waals surface area contributed by atoms with Crippen LogP contribution in [0.5, 0.6) is 0 Å². The summed E-state index contributed by atoms with van der Waals surface area (Å²) in [6.45, 7) is 1.65. The van der Waals surface area contributed by atoms with E-state index in [1.54, 1.807) is 25.1 Å². The molecule has 3 N–H and O–H groups in total. The second-order valence-electron chi connectivity index (χ2n) is 5.62. The molecular weight excluding hydrogens is 304 g/mol. The minimum Gasteiger partial charge on any atom is -0.338 e. The first-order valence-corrected chi connectivity index (χ1v) is 8.59. The van der Waals surface area contributed by atoms with Gasteiger partial charge in [0.1, 0.15) is 0 Å². The zero-order valence-electron chi connectivity index (χ0n) is 12.2. The largest absolute Gasteiger partial charge is 0.338 e. The lowest BCUT2D eigenvalue weighted by Crippen LogP contribution is -2.44. The highest BCUT2D eigenvalue weighted by atomic mass is 32.2. The van der Waals surface area contributed by atoms with E-state index in [1.165, 1.54) is 12.1 Å². The Labute approximate surface area is 129 Å². The van der Waals surface area contributed by atoms with Crippen LogP contribution in [0.2, 0.25) is 0 Å². The Kier molecular flexibility index (Phi) is 3.75. The van der Waals surface area contributed by atoms with E-state index in [4.69, 9.17) is 10.3 Å². The van der Waals surface area contributed by atoms with Gasteiger partial charge in [0.2, 0.25) is 15.9 Å². The molecule has 0 radical (unpaired) electrons. The van der Waals surface area contributed by atoms with Gasteiger partial charge < -0.3 is 10.3 Å². The zero-order valence-corrected chi connectivity index (χ0v) is 13.0. The van der Waals surface area contributed by atoms with Crippen molar-refractivity contribution in [2.75, 3.05) is 0 Å². The van der Waals surface area contributed by atoms with Gasteiger partial charge in [0, 0.05) is 0 Å². The van der Waals surface area contributed by atoms with Gasteiger partial charge >= 0.3 is 0 Å². The smallest absolute Gasteiger partial charge is 0.244 e. The van der Waals surface area contributed by atoms with E-state index in [0.717, 1.165) is 19.3 Å². The molecule has 7 nitrogen and oxygen atoms in total. The summed E-state index contributed by atoms with van der Waals surface area (Å²) >= 11 is 0. The second kappa shape index (κ2) is 5.45. The predicted molar refractivity (Wildman–Crippen MR) is 79.2 cm³/mol. The number of benzene rings is 1. The number of nitrogens with two attached hydrogens (primary N) is 1. The number of hydrogen-bond donors (Lipinski definition) is 2. The lowest BCUT2D eigenvalue weighted by Gasteiger charge is -2.34. The Morgan fingerprint density at radius 2 is 2.00 bits per heavy atom. The zero-order chi connectivity index (χ0) is 15.8. The molecule has 22 heavy (non-hydrogen) atoms. The van der Waals surface area contributed by atoms with Crippen LogP contribution < -0.4 is 10.5 Å². The number of rotatable bonds is 5. The van der Waals surface area contributed by atoms with Gasteiger partial charge in [-0.2, -0.15) is 9.71 Å². The average molecular weight is 322 g/mol. The molecule has 1 saturated carbocycles. The van der Waals surface area contributed by atoms with Gasteiger partial charge in [0.15, 0.2) is 5.82 Å². The van der Waals surface area contributed by atoms with Crippen molar-refractivity contribution >= 4 is 10.0 Å². The second-order valence-corrected chi connectivity index (χ2v) is 7.34. The summed E-state index contributed by atoms with van der Waals surface area (Å²) < 4.78 is 32.2. The van der Waals surface area contributed by atoms with Crippen molar-refractivity contribution in [1.82, 2.24) is 14.9 Å². The standard InChI is InChI=1S/C14H18N4O3S/c1-10(18-22(19,20)11-6-3-2-4-7-11)12-16-13(17-21-12)14(15)8-5-9-14/h2-4,6-7,10,18H,5,8-9,15H2,1H3. The van der Waals surface area contributed by atoms with Crippen LogP contribution in [-0.2, 0) is 15.6 Å². The van der Waals surface area contributed by atoms with Gasteiger partial charge in [-0.15, -0.1) is 0 Å².